The van der Waals surface area contributed by atoms with Crippen molar-refractivity contribution in [1.29, 1.82) is 0 Å². The number of rotatable bonds is 6. The van der Waals surface area contributed by atoms with Crippen LogP contribution in [0, 0.1) is 17.3 Å². The molecule has 1 heterocycles. The first kappa shape index (κ1) is 31.4. The number of allylic oxidation sites excluding steroid dienone is 1. The Balaban J connectivity index is 1.28. The second-order valence-corrected chi connectivity index (χ2v) is 19.3. The Morgan fingerprint density at radius 1 is 0.957 bits per heavy atom. The number of hydrogen-bond acceptors (Lipinski definition) is 5. The highest BCUT2D eigenvalue weighted by Crippen LogP contribution is 2.67. The number of carbonyl (C=O) groups excluding carboxylic acids is 1. The predicted molar refractivity (Wildman–Crippen MR) is 184 cm³/mol. The van der Waals surface area contributed by atoms with Crippen molar-refractivity contribution in [2.75, 3.05) is 19.8 Å². The summed E-state index contributed by atoms with van der Waals surface area (Å²) in [6.45, 7) is 12.5. The first-order valence-electron chi connectivity index (χ1n) is 17.1. The molecule has 1 spiro atoms. The Morgan fingerprint density at radius 3 is 2.22 bits per heavy atom. The highest BCUT2D eigenvalue weighted by atomic mass is 28.4. The number of esters is 1. The van der Waals surface area contributed by atoms with E-state index in [1.807, 2.05) is 0 Å². The van der Waals surface area contributed by atoms with Gasteiger partial charge in [0.2, 0.25) is 0 Å². The Hall–Kier alpha value is -3.19. The van der Waals surface area contributed by atoms with Crippen molar-refractivity contribution in [3.8, 4) is 5.75 Å². The van der Waals surface area contributed by atoms with Crippen molar-refractivity contribution in [3.63, 3.8) is 0 Å². The maximum absolute atomic E-state index is 11.7. The van der Waals surface area contributed by atoms with Gasteiger partial charge in [-0.3, -0.25) is 4.79 Å². The van der Waals surface area contributed by atoms with Gasteiger partial charge >= 0.3 is 14.3 Å². The zero-order valence-corrected chi connectivity index (χ0v) is 29.0. The molecule has 242 valence electrons. The maximum Gasteiger partial charge on any atom is 0.319 e. The van der Waals surface area contributed by atoms with E-state index < -0.39 is 14.1 Å². The Bertz CT molecular complexity index is 1560. The summed E-state index contributed by atoms with van der Waals surface area (Å²) in [5, 5.41) is 2.44. The van der Waals surface area contributed by atoms with E-state index in [0.29, 0.717) is 31.7 Å². The molecular weight excluding hydrogens is 589 g/mol. The van der Waals surface area contributed by atoms with E-state index in [4.69, 9.17) is 18.6 Å². The minimum Gasteiger partial charge on any atom is -0.534 e. The molecule has 6 heteroatoms. The molecule has 0 N–H and O–H groups in total. The van der Waals surface area contributed by atoms with Gasteiger partial charge in [-0.2, -0.15) is 0 Å². The largest absolute Gasteiger partial charge is 0.534 e. The molecule has 1 saturated heterocycles. The number of benzene rings is 3. The van der Waals surface area contributed by atoms with Crippen LogP contribution in [-0.4, -0.2) is 39.9 Å². The van der Waals surface area contributed by atoms with Crippen LogP contribution in [0.15, 0.2) is 90.5 Å². The predicted octanol–water partition coefficient (Wildman–Crippen LogP) is 7.32. The third-order valence-electron chi connectivity index (χ3n) is 11.7. The van der Waals surface area contributed by atoms with Crippen molar-refractivity contribution < 1.29 is 23.4 Å². The van der Waals surface area contributed by atoms with Crippen LogP contribution in [0.2, 0.25) is 5.04 Å². The summed E-state index contributed by atoms with van der Waals surface area (Å²) in [6, 6.07) is 28.6. The first-order valence-corrected chi connectivity index (χ1v) is 19.0. The Kier molecular flexibility index (Phi) is 8.06. The standard InChI is InChI=1S/C40H48O5Si/c1-28(41)42-23-21-30-27-39(5)36(20-22-40(39)43-24-25-44-40)35-18-16-29-26-31(17-19-34(29)37(30)35)45-46(38(2,3)4,32-12-8-6-9-13-32)33-14-10-7-11-15-33/h6-15,17,19,21,26,35-37H,16,18,20,22-25,27H2,1-5H3. The molecule has 4 atom stereocenters. The summed E-state index contributed by atoms with van der Waals surface area (Å²) in [5.41, 5.74) is 4.03. The van der Waals surface area contributed by atoms with E-state index >= 15 is 0 Å². The zero-order chi connectivity index (χ0) is 32.2. The van der Waals surface area contributed by atoms with E-state index in [0.717, 1.165) is 37.9 Å². The minimum atomic E-state index is -2.75. The number of ether oxygens (including phenoxy) is 3. The van der Waals surface area contributed by atoms with Gasteiger partial charge in [0.05, 0.1) is 13.2 Å². The van der Waals surface area contributed by atoms with Gasteiger partial charge in [0.1, 0.15) is 12.4 Å². The van der Waals surface area contributed by atoms with Gasteiger partial charge in [0.25, 0.3) is 0 Å². The SMILES string of the molecule is CC(=O)OCC=C1CC2(C)C(CCC23OCCO3)C2CCc3cc(O[Si](c4ccccc4)(c4ccccc4)C(C)(C)C)ccc3C12. The van der Waals surface area contributed by atoms with Gasteiger partial charge in [-0.1, -0.05) is 100.0 Å². The first-order chi connectivity index (χ1) is 22.1. The van der Waals surface area contributed by atoms with Crippen molar-refractivity contribution in [3.05, 3.63) is 102 Å². The smallest absolute Gasteiger partial charge is 0.319 e. The fourth-order valence-electron chi connectivity index (χ4n) is 9.73. The third kappa shape index (κ3) is 4.99. The monoisotopic (exact) mass is 636 g/mol. The van der Waals surface area contributed by atoms with Gasteiger partial charge in [-0.05, 0) is 82.3 Å². The molecular formula is C40H48O5Si. The van der Waals surface area contributed by atoms with E-state index in [2.05, 4.69) is 113 Å². The van der Waals surface area contributed by atoms with Crippen LogP contribution in [0.25, 0.3) is 0 Å². The molecule has 4 unspecified atom stereocenters. The molecule has 3 fully saturated rings. The second-order valence-electron chi connectivity index (χ2n) is 15.1. The van der Waals surface area contributed by atoms with Crippen molar-refractivity contribution >= 4 is 24.7 Å². The lowest BCUT2D eigenvalue weighted by atomic mass is 9.53. The van der Waals surface area contributed by atoms with Crippen LogP contribution < -0.4 is 14.8 Å². The maximum atomic E-state index is 11.7. The average molecular weight is 637 g/mol. The molecule has 3 aliphatic carbocycles. The van der Waals surface area contributed by atoms with E-state index in [1.165, 1.54) is 34.0 Å². The molecule has 3 aromatic carbocycles. The Labute approximate surface area is 275 Å². The molecule has 46 heavy (non-hydrogen) atoms. The second kappa shape index (κ2) is 11.8. The van der Waals surface area contributed by atoms with E-state index in [-0.39, 0.29) is 22.3 Å². The molecule has 0 amide bonds. The molecule has 7 rings (SSSR count). The molecule has 0 bridgehead atoms. The molecule has 3 aromatic rings. The summed E-state index contributed by atoms with van der Waals surface area (Å²) < 4.78 is 25.8. The Morgan fingerprint density at radius 2 is 1.61 bits per heavy atom. The third-order valence-corrected chi connectivity index (χ3v) is 16.6. The summed E-state index contributed by atoms with van der Waals surface area (Å²) in [5.74, 6) is 1.49. The average Bonchev–Trinajstić information content (AvgIpc) is 3.64. The van der Waals surface area contributed by atoms with Crippen LogP contribution in [0.3, 0.4) is 0 Å². The molecule has 2 saturated carbocycles. The van der Waals surface area contributed by atoms with Crippen molar-refractivity contribution in [1.82, 2.24) is 0 Å². The van der Waals surface area contributed by atoms with Crippen LogP contribution in [0.5, 0.6) is 5.75 Å². The topological polar surface area (TPSA) is 54.0 Å². The molecule has 1 aliphatic heterocycles. The lowest BCUT2D eigenvalue weighted by Crippen LogP contribution is -2.68. The molecule has 0 radical (unpaired) electrons. The fraction of sp³-hybridized carbons (Fsp3) is 0.475. The van der Waals surface area contributed by atoms with Crippen molar-refractivity contribution in [2.45, 2.75) is 83.5 Å². The van der Waals surface area contributed by atoms with E-state index in [9.17, 15) is 4.79 Å². The number of carbonyl (C=O) groups is 1. The van der Waals surface area contributed by atoms with Crippen LogP contribution in [-0.2, 0) is 25.4 Å². The summed E-state index contributed by atoms with van der Waals surface area (Å²) in [4.78, 5) is 11.7. The zero-order valence-electron chi connectivity index (χ0n) is 28.0. The normalized spacial score (nSPS) is 27.6. The van der Waals surface area contributed by atoms with Gasteiger partial charge in [-0.25, -0.2) is 0 Å². The number of fused-ring (bicyclic) bond motifs is 6. The fourth-order valence-corrected chi connectivity index (χ4v) is 14.1. The molecule has 4 aliphatic rings. The quantitative estimate of drug-likeness (QED) is 0.161. The van der Waals surface area contributed by atoms with Gasteiger partial charge in [0.15, 0.2) is 5.79 Å². The lowest BCUT2D eigenvalue weighted by molar-refractivity contribution is -0.232. The van der Waals surface area contributed by atoms with Gasteiger partial charge < -0.3 is 18.6 Å². The van der Waals surface area contributed by atoms with E-state index in [1.54, 1.807) is 0 Å². The summed E-state index contributed by atoms with van der Waals surface area (Å²) in [7, 11) is -2.75. The highest BCUT2D eigenvalue weighted by Gasteiger charge is 2.66. The van der Waals surface area contributed by atoms with Crippen LogP contribution >= 0.6 is 0 Å². The minimum absolute atomic E-state index is 0.101. The summed E-state index contributed by atoms with van der Waals surface area (Å²) >= 11 is 0. The molecule has 5 nitrogen and oxygen atoms in total. The number of hydrogen-bond donors (Lipinski definition) is 0. The highest BCUT2D eigenvalue weighted by molar-refractivity contribution is 7.00. The molecule has 0 aromatic heterocycles. The van der Waals surface area contributed by atoms with Gasteiger partial charge in [-0.15, -0.1) is 0 Å². The number of aryl methyl sites for hydroxylation is 1. The van der Waals surface area contributed by atoms with Crippen LogP contribution in [0.4, 0.5) is 0 Å². The van der Waals surface area contributed by atoms with Gasteiger partial charge in [0, 0.05) is 24.7 Å². The van der Waals surface area contributed by atoms with Crippen LogP contribution in [0.1, 0.15) is 77.3 Å². The summed E-state index contributed by atoms with van der Waals surface area (Å²) in [6.07, 6.45) is 7.28. The van der Waals surface area contributed by atoms with Crippen molar-refractivity contribution in [2.24, 2.45) is 17.3 Å². The lowest BCUT2D eigenvalue weighted by Gasteiger charge is -2.54.